The van der Waals surface area contributed by atoms with Crippen LogP contribution in [0.3, 0.4) is 0 Å². The Morgan fingerprint density at radius 3 is 2.56 bits per heavy atom. The monoisotopic (exact) mass is 246 g/mol. The topological polar surface area (TPSA) is 15.3 Å². The average Bonchev–Trinajstić information content (AvgIpc) is 2.77. The lowest BCUT2D eigenvalue weighted by atomic mass is 9.93. The summed E-state index contributed by atoms with van der Waals surface area (Å²) < 4.78 is 0. The van der Waals surface area contributed by atoms with Gasteiger partial charge in [0.2, 0.25) is 0 Å². The molecule has 2 atom stereocenters. The fourth-order valence-electron chi connectivity index (χ4n) is 3.05. The molecule has 1 aromatic rings. The van der Waals surface area contributed by atoms with Crippen LogP contribution in [-0.2, 0) is 6.42 Å². The van der Waals surface area contributed by atoms with Gasteiger partial charge >= 0.3 is 0 Å². The van der Waals surface area contributed by atoms with Gasteiger partial charge in [0, 0.05) is 6.04 Å². The smallest absolute Gasteiger partial charge is 0.0385 e. The van der Waals surface area contributed by atoms with E-state index in [2.05, 4.69) is 55.4 Å². The van der Waals surface area contributed by atoms with E-state index in [0.717, 1.165) is 25.4 Å². The lowest BCUT2D eigenvalue weighted by molar-refractivity contribution is 0.273. The first-order chi connectivity index (χ1) is 8.76. The fraction of sp³-hybridized carbons (Fsp3) is 0.625. The van der Waals surface area contributed by atoms with E-state index < -0.39 is 0 Å². The molecule has 100 valence electrons. The van der Waals surface area contributed by atoms with Crippen LogP contribution in [-0.4, -0.2) is 31.6 Å². The van der Waals surface area contributed by atoms with Crippen molar-refractivity contribution in [3.63, 3.8) is 0 Å². The maximum atomic E-state index is 3.51. The first-order valence-electron chi connectivity index (χ1n) is 7.26. The summed E-state index contributed by atoms with van der Waals surface area (Å²) in [7, 11) is 2.25. The maximum absolute atomic E-state index is 3.51. The quantitative estimate of drug-likeness (QED) is 0.859. The molecule has 1 aliphatic heterocycles. The van der Waals surface area contributed by atoms with Gasteiger partial charge in [0.05, 0.1) is 0 Å². The molecule has 0 saturated carbocycles. The van der Waals surface area contributed by atoms with Gasteiger partial charge in [-0.05, 0) is 56.6 Å². The number of benzene rings is 1. The number of nitrogens with zero attached hydrogens (tertiary/aromatic N) is 1. The minimum atomic E-state index is 0.593. The Labute approximate surface area is 111 Å². The fourth-order valence-corrected chi connectivity index (χ4v) is 3.05. The van der Waals surface area contributed by atoms with E-state index in [1.165, 1.54) is 24.1 Å². The largest absolute Gasteiger partial charge is 0.317 e. The van der Waals surface area contributed by atoms with E-state index in [9.17, 15) is 0 Å². The van der Waals surface area contributed by atoms with Crippen LogP contribution in [0.5, 0.6) is 0 Å². The van der Waals surface area contributed by atoms with Gasteiger partial charge in [0.1, 0.15) is 0 Å². The number of hydrogen-bond donors (Lipinski definition) is 1. The third-order valence-electron chi connectivity index (χ3n) is 4.16. The Morgan fingerprint density at radius 2 is 1.94 bits per heavy atom. The van der Waals surface area contributed by atoms with E-state index in [4.69, 9.17) is 0 Å². The highest BCUT2D eigenvalue weighted by atomic mass is 15.2. The van der Waals surface area contributed by atoms with Crippen LogP contribution < -0.4 is 5.32 Å². The van der Waals surface area contributed by atoms with Crippen molar-refractivity contribution in [2.45, 2.75) is 32.7 Å². The van der Waals surface area contributed by atoms with Crippen LogP contribution in [0.15, 0.2) is 24.3 Å². The summed E-state index contributed by atoms with van der Waals surface area (Å²) in [6.45, 7) is 7.83. The molecular weight excluding hydrogens is 220 g/mol. The summed E-state index contributed by atoms with van der Waals surface area (Å²) in [5.74, 6) is 0.752. The minimum absolute atomic E-state index is 0.593. The zero-order valence-electron chi connectivity index (χ0n) is 11.9. The van der Waals surface area contributed by atoms with Crippen LogP contribution in [0.2, 0.25) is 0 Å². The molecule has 1 aliphatic rings. The van der Waals surface area contributed by atoms with Gasteiger partial charge < -0.3 is 5.32 Å². The van der Waals surface area contributed by atoms with Crippen LogP contribution in [0, 0.1) is 5.92 Å². The second kappa shape index (κ2) is 6.35. The summed E-state index contributed by atoms with van der Waals surface area (Å²) in [5, 5.41) is 3.51. The molecule has 1 heterocycles. The number of likely N-dealkylation sites (tertiary alicyclic amines) is 1. The number of rotatable bonds is 5. The van der Waals surface area contributed by atoms with Crippen molar-refractivity contribution in [2.75, 3.05) is 26.7 Å². The molecule has 0 spiro atoms. The molecule has 18 heavy (non-hydrogen) atoms. The van der Waals surface area contributed by atoms with Crippen molar-refractivity contribution in [1.82, 2.24) is 10.2 Å². The van der Waals surface area contributed by atoms with Crippen molar-refractivity contribution in [1.29, 1.82) is 0 Å². The Balaban J connectivity index is 2.11. The van der Waals surface area contributed by atoms with Gasteiger partial charge in [-0.25, -0.2) is 0 Å². The molecule has 0 radical (unpaired) electrons. The minimum Gasteiger partial charge on any atom is -0.317 e. The van der Waals surface area contributed by atoms with E-state index in [-0.39, 0.29) is 0 Å². The second-order valence-corrected chi connectivity index (χ2v) is 5.38. The first-order valence-corrected chi connectivity index (χ1v) is 7.26. The summed E-state index contributed by atoms with van der Waals surface area (Å²) in [4.78, 5) is 2.50. The van der Waals surface area contributed by atoms with Gasteiger partial charge in [-0.1, -0.05) is 38.1 Å². The third-order valence-corrected chi connectivity index (χ3v) is 4.16. The summed E-state index contributed by atoms with van der Waals surface area (Å²) >= 11 is 0. The molecule has 2 heteroatoms. The van der Waals surface area contributed by atoms with Crippen molar-refractivity contribution in [3.05, 3.63) is 35.4 Å². The summed E-state index contributed by atoms with van der Waals surface area (Å²) in [5.41, 5.74) is 2.91. The lowest BCUT2D eigenvalue weighted by Crippen LogP contribution is -2.28. The molecule has 2 rings (SSSR count). The van der Waals surface area contributed by atoms with E-state index in [0.29, 0.717) is 6.04 Å². The molecule has 0 bridgehead atoms. The van der Waals surface area contributed by atoms with E-state index in [1.807, 2.05) is 0 Å². The number of aryl methyl sites for hydroxylation is 1. The summed E-state index contributed by atoms with van der Waals surface area (Å²) in [6, 6.07) is 9.81. The maximum Gasteiger partial charge on any atom is 0.0385 e. The van der Waals surface area contributed by atoms with Gasteiger partial charge in [0.15, 0.2) is 0 Å². The highest BCUT2D eigenvalue weighted by Gasteiger charge is 2.32. The molecule has 2 nitrogen and oxygen atoms in total. The first kappa shape index (κ1) is 13.6. The average molecular weight is 246 g/mol. The van der Waals surface area contributed by atoms with Gasteiger partial charge in [-0.3, -0.25) is 4.90 Å². The summed E-state index contributed by atoms with van der Waals surface area (Å²) in [6.07, 6.45) is 2.44. The zero-order valence-corrected chi connectivity index (χ0v) is 11.9. The van der Waals surface area contributed by atoms with Gasteiger partial charge in [0.25, 0.3) is 0 Å². The van der Waals surface area contributed by atoms with Crippen LogP contribution in [0.4, 0.5) is 0 Å². The molecule has 0 aliphatic carbocycles. The molecule has 0 aromatic heterocycles. The van der Waals surface area contributed by atoms with Crippen molar-refractivity contribution >= 4 is 0 Å². The molecule has 0 amide bonds. The highest BCUT2D eigenvalue weighted by Crippen LogP contribution is 2.35. The van der Waals surface area contributed by atoms with Crippen molar-refractivity contribution in [2.24, 2.45) is 5.92 Å². The Kier molecular flexibility index (Phi) is 4.79. The number of hydrogen-bond acceptors (Lipinski definition) is 2. The predicted octanol–water partition coefficient (Wildman–Crippen LogP) is 2.85. The number of nitrogens with one attached hydrogen (secondary N) is 1. The molecule has 1 aromatic carbocycles. The van der Waals surface area contributed by atoms with Crippen molar-refractivity contribution < 1.29 is 0 Å². The second-order valence-electron chi connectivity index (χ2n) is 5.38. The SMILES string of the molecule is CCNCC1CCN(C)C1c1ccc(CC)cc1. The highest BCUT2D eigenvalue weighted by molar-refractivity contribution is 5.26. The molecule has 1 N–H and O–H groups in total. The third kappa shape index (κ3) is 2.93. The van der Waals surface area contributed by atoms with Crippen LogP contribution in [0.1, 0.15) is 37.4 Å². The van der Waals surface area contributed by atoms with Gasteiger partial charge in [-0.15, -0.1) is 0 Å². The molecule has 1 fully saturated rings. The van der Waals surface area contributed by atoms with Gasteiger partial charge in [-0.2, -0.15) is 0 Å². The van der Waals surface area contributed by atoms with E-state index >= 15 is 0 Å². The zero-order chi connectivity index (χ0) is 13.0. The van der Waals surface area contributed by atoms with Crippen molar-refractivity contribution in [3.8, 4) is 0 Å². The van der Waals surface area contributed by atoms with E-state index in [1.54, 1.807) is 0 Å². The Morgan fingerprint density at radius 1 is 1.22 bits per heavy atom. The Bertz CT molecular complexity index is 358. The lowest BCUT2D eigenvalue weighted by Gasteiger charge is -2.26. The normalized spacial score (nSPS) is 24.6. The Hall–Kier alpha value is -0.860. The van der Waals surface area contributed by atoms with Crippen LogP contribution in [0.25, 0.3) is 0 Å². The molecule has 2 unspecified atom stereocenters. The predicted molar refractivity (Wildman–Crippen MR) is 77.8 cm³/mol. The molecular formula is C16H26N2. The van der Waals surface area contributed by atoms with Crippen LogP contribution >= 0.6 is 0 Å². The molecule has 1 saturated heterocycles. The standard InChI is InChI=1S/C16H26N2/c1-4-13-6-8-14(9-7-13)16-15(12-17-5-2)10-11-18(16)3/h6-9,15-17H,4-5,10-12H2,1-3H3.